The van der Waals surface area contributed by atoms with Crippen molar-refractivity contribution < 1.29 is 33.7 Å². The minimum atomic E-state index is -1.79. The van der Waals surface area contributed by atoms with Crippen molar-refractivity contribution in [2.24, 2.45) is 0 Å². The molecule has 2 aromatic rings. The minimum absolute atomic E-state index is 0.00335. The van der Waals surface area contributed by atoms with Crippen molar-refractivity contribution in [3.8, 4) is 11.5 Å². The average molecular weight is 464 g/mol. The minimum Gasteiger partial charge on any atom is -0.507 e. The van der Waals surface area contributed by atoms with Crippen LogP contribution in [0.4, 0.5) is 5.69 Å². The third-order valence-corrected chi connectivity index (χ3v) is 6.46. The molecule has 3 aliphatic rings. The maximum Gasteiger partial charge on any atom is 0.296 e. The number of hydrogen-bond donors (Lipinski definition) is 1. The summed E-state index contributed by atoms with van der Waals surface area (Å²) < 4.78 is 16.3. The van der Waals surface area contributed by atoms with Gasteiger partial charge in [0.25, 0.3) is 17.6 Å². The molecule has 0 aromatic heterocycles. The molecule has 9 nitrogen and oxygen atoms in total. The Balaban J connectivity index is 1.79. The molecular weight excluding hydrogens is 440 g/mol. The largest absolute Gasteiger partial charge is 0.507 e. The van der Waals surface area contributed by atoms with E-state index in [4.69, 9.17) is 14.2 Å². The smallest absolute Gasteiger partial charge is 0.296 e. The normalized spacial score (nSPS) is 22.6. The topological polar surface area (TPSA) is 106 Å². The second-order valence-corrected chi connectivity index (χ2v) is 8.14. The third-order valence-electron chi connectivity index (χ3n) is 6.46. The summed E-state index contributed by atoms with van der Waals surface area (Å²) in [6.07, 6.45) is 0. The molecule has 0 saturated carbocycles. The van der Waals surface area contributed by atoms with Crippen molar-refractivity contribution in [3.05, 3.63) is 59.2 Å². The summed E-state index contributed by atoms with van der Waals surface area (Å²) in [5.74, 6) is -1.78. The maximum atomic E-state index is 14.0. The van der Waals surface area contributed by atoms with Gasteiger partial charge in [0.2, 0.25) is 0 Å². The van der Waals surface area contributed by atoms with Gasteiger partial charge in [0.15, 0.2) is 17.0 Å². The quantitative estimate of drug-likeness (QED) is 0.410. The van der Waals surface area contributed by atoms with Crippen molar-refractivity contribution in [2.45, 2.75) is 12.5 Å². The first-order chi connectivity index (χ1) is 16.5. The van der Waals surface area contributed by atoms with E-state index in [-0.39, 0.29) is 24.3 Å². The number of fused-ring (bicyclic) bond motifs is 3. The molecule has 1 spiro atoms. The SMILES string of the molecule is CCN1C(=O)[C@]2(/C(=C(\O)c3ccc4c(c3)OCCO4)C(=O)C(=O)N2CCOC)c2ccccc21. The van der Waals surface area contributed by atoms with Gasteiger partial charge in [0.05, 0.1) is 17.9 Å². The van der Waals surface area contributed by atoms with Crippen LogP contribution in [-0.4, -0.2) is 67.6 Å². The number of nitrogens with zero attached hydrogens (tertiary/aromatic N) is 2. The maximum absolute atomic E-state index is 14.0. The fourth-order valence-corrected chi connectivity index (χ4v) is 5.00. The highest BCUT2D eigenvalue weighted by Crippen LogP contribution is 2.53. The van der Waals surface area contributed by atoms with Gasteiger partial charge in [0.1, 0.15) is 19.0 Å². The first-order valence-corrected chi connectivity index (χ1v) is 11.1. The molecule has 0 unspecified atom stereocenters. The summed E-state index contributed by atoms with van der Waals surface area (Å²) in [5.41, 5.74) is -0.757. The Morgan fingerprint density at radius 3 is 2.56 bits per heavy atom. The van der Waals surface area contributed by atoms with Gasteiger partial charge in [-0.1, -0.05) is 18.2 Å². The van der Waals surface area contributed by atoms with E-state index in [9.17, 15) is 19.5 Å². The number of likely N-dealkylation sites (tertiary alicyclic amines) is 1. The van der Waals surface area contributed by atoms with Gasteiger partial charge in [-0.25, -0.2) is 0 Å². The number of Topliss-reactive ketones (excluding diaryl/α,β-unsaturated/α-hetero) is 1. The Labute approximate surface area is 196 Å². The van der Waals surface area contributed by atoms with Gasteiger partial charge in [-0.05, 0) is 31.2 Å². The summed E-state index contributed by atoms with van der Waals surface area (Å²) in [6, 6.07) is 11.8. The number of para-hydroxylation sites is 1. The Morgan fingerprint density at radius 1 is 1.09 bits per heavy atom. The van der Waals surface area contributed by atoms with Gasteiger partial charge in [-0.2, -0.15) is 0 Å². The number of aliphatic hydroxyl groups excluding tert-OH is 1. The summed E-state index contributed by atoms with van der Waals surface area (Å²) >= 11 is 0. The van der Waals surface area contributed by atoms with Crippen molar-refractivity contribution in [1.82, 2.24) is 4.90 Å². The van der Waals surface area contributed by atoms with Crippen molar-refractivity contribution in [2.75, 3.05) is 44.9 Å². The van der Waals surface area contributed by atoms with Crippen LogP contribution in [0.15, 0.2) is 48.0 Å². The predicted molar refractivity (Wildman–Crippen MR) is 122 cm³/mol. The van der Waals surface area contributed by atoms with E-state index in [1.807, 2.05) is 6.92 Å². The second-order valence-electron chi connectivity index (χ2n) is 8.14. The number of hydrogen-bond acceptors (Lipinski definition) is 7. The van der Waals surface area contributed by atoms with E-state index >= 15 is 0 Å². The Morgan fingerprint density at radius 2 is 1.82 bits per heavy atom. The molecule has 2 amide bonds. The molecule has 0 aliphatic carbocycles. The number of rotatable bonds is 5. The number of carbonyl (C=O) groups excluding carboxylic acids is 3. The van der Waals surface area contributed by atoms with E-state index in [0.717, 1.165) is 0 Å². The van der Waals surface area contributed by atoms with E-state index in [2.05, 4.69) is 0 Å². The van der Waals surface area contributed by atoms with Gasteiger partial charge < -0.3 is 29.1 Å². The molecule has 1 fully saturated rings. The number of carbonyl (C=O) groups is 3. The van der Waals surface area contributed by atoms with Crippen LogP contribution in [0.5, 0.6) is 11.5 Å². The average Bonchev–Trinajstić information content (AvgIpc) is 3.24. The molecule has 1 saturated heterocycles. The van der Waals surface area contributed by atoms with Gasteiger partial charge >= 0.3 is 0 Å². The van der Waals surface area contributed by atoms with Crippen molar-refractivity contribution >= 4 is 29.0 Å². The lowest BCUT2D eigenvalue weighted by atomic mass is 9.82. The van der Waals surface area contributed by atoms with Crippen LogP contribution < -0.4 is 14.4 Å². The molecule has 1 N–H and O–H groups in total. The molecule has 176 valence electrons. The number of ketones is 1. The first kappa shape index (κ1) is 22.0. The van der Waals surface area contributed by atoms with Crippen LogP contribution in [0.3, 0.4) is 0 Å². The van der Waals surface area contributed by atoms with Gasteiger partial charge in [-0.15, -0.1) is 0 Å². The number of ether oxygens (including phenoxy) is 3. The monoisotopic (exact) mass is 464 g/mol. The van der Waals surface area contributed by atoms with Crippen LogP contribution in [-0.2, 0) is 24.7 Å². The van der Waals surface area contributed by atoms with Crippen LogP contribution in [0.2, 0.25) is 0 Å². The zero-order chi connectivity index (χ0) is 24.0. The molecule has 2 aromatic carbocycles. The van der Waals surface area contributed by atoms with E-state index in [0.29, 0.717) is 42.5 Å². The van der Waals surface area contributed by atoms with E-state index in [1.165, 1.54) is 16.9 Å². The number of amides is 2. The summed E-state index contributed by atoms with van der Waals surface area (Å²) in [7, 11) is 1.47. The number of benzene rings is 2. The first-order valence-electron chi connectivity index (χ1n) is 11.1. The van der Waals surface area contributed by atoms with Crippen molar-refractivity contribution in [3.63, 3.8) is 0 Å². The fourth-order valence-electron chi connectivity index (χ4n) is 5.00. The van der Waals surface area contributed by atoms with Crippen LogP contribution in [0.25, 0.3) is 5.76 Å². The van der Waals surface area contributed by atoms with Crippen LogP contribution in [0.1, 0.15) is 18.1 Å². The lowest BCUT2D eigenvalue weighted by molar-refractivity contribution is -0.144. The zero-order valence-electron chi connectivity index (χ0n) is 18.9. The number of likely N-dealkylation sites (N-methyl/N-ethyl adjacent to an activating group) is 1. The highest BCUT2D eigenvalue weighted by Gasteiger charge is 2.66. The lowest BCUT2D eigenvalue weighted by Gasteiger charge is -2.34. The second kappa shape index (κ2) is 8.18. The Kier molecular flexibility index (Phi) is 5.28. The molecule has 0 radical (unpaired) electrons. The van der Waals surface area contributed by atoms with E-state index < -0.39 is 28.9 Å². The van der Waals surface area contributed by atoms with Gasteiger partial charge in [-0.3, -0.25) is 14.4 Å². The molecule has 3 heterocycles. The Bertz CT molecular complexity index is 1240. The summed E-state index contributed by atoms with van der Waals surface area (Å²) in [4.78, 5) is 43.4. The van der Waals surface area contributed by atoms with Crippen molar-refractivity contribution in [1.29, 1.82) is 0 Å². The molecule has 0 bridgehead atoms. The standard InChI is InChI=1S/C25H24N2O7/c1-3-26-17-7-5-4-6-16(17)25(24(26)31)20(22(29)23(30)27(25)10-11-32-2)21(28)15-8-9-18-19(14-15)34-13-12-33-18/h4-9,14,28H,3,10-13H2,1-2H3/b21-20-/t25-/m1/s1. The molecule has 1 atom stereocenters. The predicted octanol–water partition coefficient (Wildman–Crippen LogP) is 2.05. The highest BCUT2D eigenvalue weighted by molar-refractivity contribution is 6.50. The molecule has 34 heavy (non-hydrogen) atoms. The zero-order valence-corrected chi connectivity index (χ0v) is 18.9. The number of aliphatic hydroxyl groups is 1. The fraction of sp³-hybridized carbons (Fsp3) is 0.320. The molecule has 3 aliphatic heterocycles. The summed E-state index contributed by atoms with van der Waals surface area (Å²) in [5, 5.41) is 11.5. The van der Waals surface area contributed by atoms with Crippen LogP contribution >= 0.6 is 0 Å². The molecule has 5 rings (SSSR count). The molecular formula is C25H24N2O7. The lowest BCUT2D eigenvalue weighted by Crippen LogP contribution is -2.52. The van der Waals surface area contributed by atoms with Crippen LogP contribution in [0, 0.1) is 0 Å². The van der Waals surface area contributed by atoms with E-state index in [1.54, 1.807) is 42.5 Å². The highest BCUT2D eigenvalue weighted by atomic mass is 16.6. The Hall–Kier alpha value is -3.85. The molecule has 9 heteroatoms. The number of anilines is 1. The summed E-state index contributed by atoms with van der Waals surface area (Å²) in [6.45, 7) is 3.00. The number of methoxy groups -OCH3 is 1. The van der Waals surface area contributed by atoms with Gasteiger partial charge in [0, 0.05) is 31.3 Å². The third kappa shape index (κ3) is 2.86.